The fourth-order valence-electron chi connectivity index (χ4n) is 4.75. The Morgan fingerprint density at radius 3 is 2.58 bits per heavy atom. The van der Waals surface area contributed by atoms with Crippen LogP contribution in [0.25, 0.3) is 22.0 Å². The summed E-state index contributed by atoms with van der Waals surface area (Å²) in [7, 11) is 0. The molecular formula is C31H29N5OS. The van der Waals surface area contributed by atoms with Gasteiger partial charge in [0, 0.05) is 29.9 Å². The number of benzene rings is 3. The summed E-state index contributed by atoms with van der Waals surface area (Å²) in [4.78, 5) is 28.6. The van der Waals surface area contributed by atoms with Gasteiger partial charge < -0.3 is 10.2 Å². The molecule has 2 heterocycles. The number of carbonyl (C=O) groups is 1. The largest absolute Gasteiger partial charge is 0.369 e. The molecule has 1 N–H and O–H groups in total. The van der Waals surface area contributed by atoms with Gasteiger partial charge in [0.15, 0.2) is 0 Å². The summed E-state index contributed by atoms with van der Waals surface area (Å²) in [6.45, 7) is 3.31. The van der Waals surface area contributed by atoms with E-state index in [1.54, 1.807) is 6.33 Å². The minimum absolute atomic E-state index is 0.0244. The lowest BCUT2D eigenvalue weighted by molar-refractivity contribution is 0.0724. The molecule has 0 bridgehead atoms. The Kier molecular flexibility index (Phi) is 6.84. The standard InChI is InChI=1S/C31H29N5OS/c1-21-35-29(19-38-21)31(37)36(26-11-12-26)18-23-8-5-9-24(16-23)25-10-13-28-27(17-25)30(34-20-33-28)32-15-14-22-6-3-2-4-7-22/h2-10,13,16-17,19-20,26H,11-12,14-15,18H2,1H3,(H,32,33,34). The van der Waals surface area contributed by atoms with Gasteiger partial charge in [-0.1, -0.05) is 54.6 Å². The second-order valence-corrected chi connectivity index (χ2v) is 10.8. The highest BCUT2D eigenvalue weighted by Gasteiger charge is 2.34. The number of nitrogens with zero attached hydrogens (tertiary/aromatic N) is 4. The summed E-state index contributed by atoms with van der Waals surface area (Å²) in [5.41, 5.74) is 6.07. The molecule has 0 radical (unpaired) electrons. The second-order valence-electron chi connectivity index (χ2n) is 9.73. The van der Waals surface area contributed by atoms with E-state index in [1.807, 2.05) is 29.3 Å². The van der Waals surface area contributed by atoms with E-state index < -0.39 is 0 Å². The third-order valence-electron chi connectivity index (χ3n) is 6.88. The SMILES string of the molecule is Cc1nc(C(=O)N(Cc2cccc(-c3ccc4ncnc(NCCc5ccccc5)c4c3)c2)C2CC2)cs1. The summed E-state index contributed by atoms with van der Waals surface area (Å²) in [6.07, 6.45) is 4.64. The van der Waals surface area contributed by atoms with Crippen LogP contribution < -0.4 is 5.32 Å². The fourth-order valence-corrected chi connectivity index (χ4v) is 5.34. The first-order valence-corrected chi connectivity index (χ1v) is 13.9. The van der Waals surface area contributed by atoms with Crippen LogP contribution in [0.5, 0.6) is 0 Å². The van der Waals surface area contributed by atoms with Crippen LogP contribution in [-0.4, -0.2) is 38.3 Å². The lowest BCUT2D eigenvalue weighted by Crippen LogP contribution is -2.32. The summed E-state index contributed by atoms with van der Waals surface area (Å²) in [5.74, 6) is 0.865. The number of rotatable bonds is 9. The molecule has 2 aromatic heterocycles. The lowest BCUT2D eigenvalue weighted by Gasteiger charge is -2.22. The van der Waals surface area contributed by atoms with Gasteiger partial charge in [-0.05, 0) is 66.6 Å². The highest BCUT2D eigenvalue weighted by atomic mass is 32.1. The van der Waals surface area contributed by atoms with E-state index >= 15 is 0 Å². The Labute approximate surface area is 226 Å². The van der Waals surface area contributed by atoms with Crippen LogP contribution >= 0.6 is 11.3 Å². The average molecular weight is 520 g/mol. The van der Waals surface area contributed by atoms with Gasteiger partial charge in [0.2, 0.25) is 0 Å². The first-order valence-electron chi connectivity index (χ1n) is 13.0. The van der Waals surface area contributed by atoms with Crippen molar-refractivity contribution in [2.24, 2.45) is 0 Å². The van der Waals surface area contributed by atoms with Gasteiger partial charge in [0.1, 0.15) is 17.8 Å². The Balaban J connectivity index is 1.23. The van der Waals surface area contributed by atoms with Crippen LogP contribution in [0.2, 0.25) is 0 Å². The molecule has 0 unspecified atom stereocenters. The van der Waals surface area contributed by atoms with Crippen LogP contribution in [-0.2, 0) is 13.0 Å². The van der Waals surface area contributed by atoms with Gasteiger partial charge in [0.25, 0.3) is 5.91 Å². The number of fused-ring (bicyclic) bond motifs is 1. The molecule has 1 aliphatic carbocycles. The maximum Gasteiger partial charge on any atom is 0.273 e. The van der Waals surface area contributed by atoms with Crippen molar-refractivity contribution in [3.05, 3.63) is 106 Å². The van der Waals surface area contributed by atoms with E-state index in [0.29, 0.717) is 18.3 Å². The van der Waals surface area contributed by atoms with Crippen LogP contribution in [0.4, 0.5) is 5.82 Å². The molecule has 0 saturated heterocycles. The van der Waals surface area contributed by atoms with Gasteiger partial charge in [-0.15, -0.1) is 11.3 Å². The number of amides is 1. The van der Waals surface area contributed by atoms with E-state index in [1.165, 1.54) is 16.9 Å². The molecule has 1 aliphatic rings. The van der Waals surface area contributed by atoms with Crippen molar-refractivity contribution < 1.29 is 4.79 Å². The maximum atomic E-state index is 13.2. The molecule has 5 aromatic rings. The molecule has 6 nitrogen and oxygen atoms in total. The predicted molar refractivity (Wildman–Crippen MR) is 153 cm³/mol. The summed E-state index contributed by atoms with van der Waals surface area (Å²) < 4.78 is 0. The molecule has 6 rings (SSSR count). The Hall–Kier alpha value is -4.10. The second kappa shape index (κ2) is 10.7. The number of aryl methyl sites for hydroxylation is 1. The number of aromatic nitrogens is 3. The van der Waals surface area contributed by atoms with E-state index in [2.05, 4.69) is 80.9 Å². The zero-order valence-electron chi connectivity index (χ0n) is 21.3. The molecule has 0 spiro atoms. The highest BCUT2D eigenvalue weighted by molar-refractivity contribution is 7.09. The number of hydrogen-bond donors (Lipinski definition) is 1. The molecule has 0 atom stereocenters. The number of thiazole rings is 1. The van der Waals surface area contributed by atoms with Crippen LogP contribution in [0.3, 0.4) is 0 Å². The average Bonchev–Trinajstić information content (AvgIpc) is 3.71. The summed E-state index contributed by atoms with van der Waals surface area (Å²) in [5, 5.41) is 7.28. The molecule has 190 valence electrons. The van der Waals surface area contributed by atoms with E-state index in [4.69, 9.17) is 0 Å². The number of hydrogen-bond acceptors (Lipinski definition) is 6. The third kappa shape index (κ3) is 5.43. The first-order chi connectivity index (χ1) is 18.6. The zero-order chi connectivity index (χ0) is 25.9. The monoisotopic (exact) mass is 519 g/mol. The van der Waals surface area contributed by atoms with Crippen molar-refractivity contribution in [2.75, 3.05) is 11.9 Å². The van der Waals surface area contributed by atoms with Crippen LogP contribution in [0.15, 0.2) is 84.5 Å². The van der Waals surface area contributed by atoms with Gasteiger partial charge in [0.05, 0.1) is 10.5 Å². The smallest absolute Gasteiger partial charge is 0.273 e. The molecule has 7 heteroatoms. The van der Waals surface area contributed by atoms with Crippen molar-refractivity contribution in [3.8, 4) is 11.1 Å². The molecule has 1 fully saturated rings. The van der Waals surface area contributed by atoms with E-state index in [-0.39, 0.29) is 5.91 Å². The predicted octanol–water partition coefficient (Wildman–Crippen LogP) is 6.52. The molecular weight excluding hydrogens is 490 g/mol. The molecule has 1 amide bonds. The molecule has 0 aliphatic heterocycles. The topological polar surface area (TPSA) is 71.0 Å². The van der Waals surface area contributed by atoms with E-state index in [9.17, 15) is 4.79 Å². The quantitative estimate of drug-likeness (QED) is 0.240. The molecule has 1 saturated carbocycles. The fraction of sp³-hybridized carbons (Fsp3) is 0.226. The number of nitrogens with one attached hydrogen (secondary N) is 1. The third-order valence-corrected chi connectivity index (χ3v) is 7.66. The van der Waals surface area contributed by atoms with Crippen molar-refractivity contribution in [2.45, 2.75) is 38.8 Å². The van der Waals surface area contributed by atoms with Gasteiger partial charge >= 0.3 is 0 Å². The normalized spacial score (nSPS) is 13.0. The molecule has 38 heavy (non-hydrogen) atoms. The van der Waals surface area contributed by atoms with Crippen LogP contribution in [0, 0.1) is 6.92 Å². The van der Waals surface area contributed by atoms with Crippen molar-refractivity contribution in [1.82, 2.24) is 19.9 Å². The maximum absolute atomic E-state index is 13.2. The Morgan fingerprint density at radius 2 is 1.79 bits per heavy atom. The first kappa shape index (κ1) is 24.2. The summed E-state index contributed by atoms with van der Waals surface area (Å²) >= 11 is 1.52. The van der Waals surface area contributed by atoms with Gasteiger partial charge in [-0.2, -0.15) is 0 Å². The van der Waals surface area contributed by atoms with Crippen molar-refractivity contribution in [3.63, 3.8) is 0 Å². The minimum Gasteiger partial charge on any atom is -0.369 e. The van der Waals surface area contributed by atoms with Crippen LogP contribution in [0.1, 0.15) is 39.5 Å². The lowest BCUT2D eigenvalue weighted by atomic mass is 10.0. The number of anilines is 1. The zero-order valence-corrected chi connectivity index (χ0v) is 22.1. The highest BCUT2D eigenvalue weighted by Crippen LogP contribution is 2.32. The minimum atomic E-state index is 0.0244. The Morgan fingerprint density at radius 1 is 0.974 bits per heavy atom. The van der Waals surface area contributed by atoms with E-state index in [0.717, 1.165) is 64.2 Å². The number of carbonyl (C=O) groups excluding carboxylic acids is 1. The summed E-state index contributed by atoms with van der Waals surface area (Å²) in [6, 6.07) is 25.5. The van der Waals surface area contributed by atoms with Crippen molar-refractivity contribution in [1.29, 1.82) is 0 Å². The van der Waals surface area contributed by atoms with Gasteiger partial charge in [-0.3, -0.25) is 4.79 Å². The van der Waals surface area contributed by atoms with Gasteiger partial charge in [-0.25, -0.2) is 15.0 Å². The van der Waals surface area contributed by atoms with Crippen molar-refractivity contribution >= 4 is 34.0 Å². The molecule has 3 aromatic carbocycles. The Bertz CT molecular complexity index is 1580.